The Labute approximate surface area is 146 Å². The lowest BCUT2D eigenvalue weighted by Gasteiger charge is -2.12. The van der Waals surface area contributed by atoms with Crippen LogP contribution in [0.1, 0.15) is 5.56 Å². The first-order valence-electron chi connectivity index (χ1n) is 7.17. The molecule has 1 heterocycles. The molecule has 0 unspecified atom stereocenters. The van der Waals surface area contributed by atoms with Gasteiger partial charge in [-0.1, -0.05) is 17.7 Å². The standard InChI is InChI=1S/C17H12ClF3N2O2/c18-15-9-12(17(19,20)21)5-6-16(15)25-14-4-1-3-13(10-14)24-11-23-8-2-7-22-23/h1-10H,11H2. The molecule has 0 N–H and O–H groups in total. The van der Waals surface area contributed by atoms with E-state index >= 15 is 0 Å². The van der Waals surface area contributed by atoms with E-state index in [1.165, 1.54) is 6.07 Å². The average molecular weight is 369 g/mol. The minimum absolute atomic E-state index is 0.124. The summed E-state index contributed by atoms with van der Waals surface area (Å²) in [5, 5.41) is 3.89. The Morgan fingerprint density at radius 1 is 1.04 bits per heavy atom. The van der Waals surface area contributed by atoms with Gasteiger partial charge in [0.25, 0.3) is 0 Å². The molecule has 0 atom stereocenters. The van der Waals surface area contributed by atoms with Gasteiger partial charge in [-0.25, -0.2) is 4.68 Å². The van der Waals surface area contributed by atoms with Crippen LogP contribution in [0.2, 0.25) is 5.02 Å². The molecule has 130 valence electrons. The SMILES string of the molecule is FC(F)(F)c1ccc(Oc2cccc(OCn3cccn3)c2)c(Cl)c1. The van der Waals surface area contributed by atoms with E-state index in [1.807, 2.05) is 0 Å². The molecule has 0 aliphatic heterocycles. The third-order valence-electron chi connectivity index (χ3n) is 3.22. The Morgan fingerprint density at radius 2 is 1.84 bits per heavy atom. The highest BCUT2D eigenvalue weighted by Gasteiger charge is 2.31. The van der Waals surface area contributed by atoms with Gasteiger partial charge in [0.1, 0.15) is 17.2 Å². The third-order valence-corrected chi connectivity index (χ3v) is 3.51. The summed E-state index contributed by atoms with van der Waals surface area (Å²) in [6.07, 6.45) is -1.07. The molecule has 4 nitrogen and oxygen atoms in total. The van der Waals surface area contributed by atoms with Gasteiger partial charge in [-0.15, -0.1) is 0 Å². The number of aromatic nitrogens is 2. The van der Waals surface area contributed by atoms with Crippen molar-refractivity contribution in [3.05, 3.63) is 71.5 Å². The van der Waals surface area contributed by atoms with E-state index in [0.717, 1.165) is 12.1 Å². The second-order valence-electron chi connectivity index (χ2n) is 5.04. The van der Waals surface area contributed by atoms with Crippen LogP contribution in [0, 0.1) is 0 Å². The molecule has 25 heavy (non-hydrogen) atoms. The fourth-order valence-electron chi connectivity index (χ4n) is 2.03. The highest BCUT2D eigenvalue weighted by atomic mass is 35.5. The maximum absolute atomic E-state index is 12.7. The zero-order chi connectivity index (χ0) is 17.9. The van der Waals surface area contributed by atoms with Crippen molar-refractivity contribution in [3.63, 3.8) is 0 Å². The summed E-state index contributed by atoms with van der Waals surface area (Å²) in [5.41, 5.74) is -0.832. The average Bonchev–Trinajstić information content (AvgIpc) is 3.08. The molecule has 8 heteroatoms. The number of benzene rings is 2. The number of ether oxygens (including phenoxy) is 2. The van der Waals surface area contributed by atoms with Crippen molar-refractivity contribution in [3.8, 4) is 17.2 Å². The van der Waals surface area contributed by atoms with Crippen LogP contribution in [0.5, 0.6) is 17.2 Å². The van der Waals surface area contributed by atoms with E-state index in [1.54, 1.807) is 47.4 Å². The fourth-order valence-corrected chi connectivity index (χ4v) is 2.25. The van der Waals surface area contributed by atoms with Crippen molar-refractivity contribution in [2.75, 3.05) is 0 Å². The second kappa shape index (κ2) is 7.06. The summed E-state index contributed by atoms with van der Waals surface area (Å²) in [7, 11) is 0. The van der Waals surface area contributed by atoms with Crippen LogP contribution >= 0.6 is 11.6 Å². The Bertz CT molecular complexity index is 851. The van der Waals surface area contributed by atoms with Crippen LogP contribution in [0.3, 0.4) is 0 Å². The van der Waals surface area contributed by atoms with Crippen LogP contribution in [0.15, 0.2) is 60.9 Å². The number of hydrogen-bond donors (Lipinski definition) is 0. The van der Waals surface area contributed by atoms with Gasteiger partial charge >= 0.3 is 6.18 Å². The smallest absolute Gasteiger partial charge is 0.416 e. The summed E-state index contributed by atoms with van der Waals surface area (Å²) >= 11 is 5.89. The number of alkyl halides is 3. The van der Waals surface area contributed by atoms with Gasteiger partial charge in [-0.3, -0.25) is 0 Å². The predicted molar refractivity (Wildman–Crippen MR) is 85.8 cm³/mol. The minimum atomic E-state index is -4.46. The van der Waals surface area contributed by atoms with Crippen LogP contribution < -0.4 is 9.47 Å². The van der Waals surface area contributed by atoms with E-state index in [-0.39, 0.29) is 17.5 Å². The molecule has 0 radical (unpaired) electrons. The minimum Gasteiger partial charge on any atom is -0.471 e. The molecular weight excluding hydrogens is 357 g/mol. The Morgan fingerprint density at radius 3 is 2.52 bits per heavy atom. The second-order valence-corrected chi connectivity index (χ2v) is 5.45. The zero-order valence-electron chi connectivity index (χ0n) is 12.7. The molecule has 0 aliphatic rings. The molecule has 0 spiro atoms. The van der Waals surface area contributed by atoms with Crippen molar-refractivity contribution >= 4 is 11.6 Å². The maximum Gasteiger partial charge on any atom is 0.416 e. The summed E-state index contributed by atoms with van der Waals surface area (Å²) < 4.78 is 50.7. The van der Waals surface area contributed by atoms with Crippen molar-refractivity contribution in [2.45, 2.75) is 12.9 Å². The number of halogens is 4. The lowest BCUT2D eigenvalue weighted by Crippen LogP contribution is -2.05. The number of nitrogens with zero attached hydrogens (tertiary/aromatic N) is 2. The third kappa shape index (κ3) is 4.45. The van der Waals surface area contributed by atoms with Crippen LogP contribution in [0.4, 0.5) is 13.2 Å². The maximum atomic E-state index is 12.7. The molecule has 0 saturated heterocycles. The molecule has 0 bridgehead atoms. The summed E-state index contributed by atoms with van der Waals surface area (Å²) in [5.74, 6) is 1.04. The largest absolute Gasteiger partial charge is 0.471 e. The molecule has 3 aromatic rings. The molecule has 3 rings (SSSR count). The van der Waals surface area contributed by atoms with Crippen LogP contribution in [0.25, 0.3) is 0 Å². The van der Waals surface area contributed by atoms with Gasteiger partial charge in [0.2, 0.25) is 0 Å². The van der Waals surface area contributed by atoms with Crippen molar-refractivity contribution in [1.29, 1.82) is 0 Å². The normalized spacial score (nSPS) is 11.4. The molecular formula is C17H12ClF3N2O2. The highest BCUT2D eigenvalue weighted by Crippen LogP contribution is 2.36. The predicted octanol–water partition coefficient (Wildman–Crippen LogP) is 5.38. The van der Waals surface area contributed by atoms with Gasteiger partial charge in [0, 0.05) is 18.5 Å². The molecule has 0 saturated carbocycles. The monoisotopic (exact) mass is 368 g/mol. The van der Waals surface area contributed by atoms with Gasteiger partial charge in [-0.2, -0.15) is 18.3 Å². The van der Waals surface area contributed by atoms with E-state index in [9.17, 15) is 13.2 Å². The Kier molecular flexibility index (Phi) is 4.85. The number of hydrogen-bond acceptors (Lipinski definition) is 3. The first kappa shape index (κ1) is 17.2. The van der Waals surface area contributed by atoms with E-state index in [2.05, 4.69) is 5.10 Å². The fraction of sp³-hybridized carbons (Fsp3) is 0.118. The molecule has 0 fully saturated rings. The molecule has 0 amide bonds. The zero-order valence-corrected chi connectivity index (χ0v) is 13.5. The van der Waals surface area contributed by atoms with Crippen LogP contribution in [-0.4, -0.2) is 9.78 Å². The Hall–Kier alpha value is -2.67. The van der Waals surface area contributed by atoms with Crippen molar-refractivity contribution in [2.24, 2.45) is 0 Å². The van der Waals surface area contributed by atoms with Gasteiger partial charge in [-0.05, 0) is 36.4 Å². The van der Waals surface area contributed by atoms with Gasteiger partial charge in [0.05, 0.1) is 10.6 Å². The van der Waals surface area contributed by atoms with Crippen molar-refractivity contribution < 1.29 is 22.6 Å². The summed E-state index contributed by atoms with van der Waals surface area (Å²) in [6, 6.07) is 11.4. The number of rotatable bonds is 5. The van der Waals surface area contributed by atoms with E-state index < -0.39 is 11.7 Å². The van der Waals surface area contributed by atoms with Crippen LogP contribution in [-0.2, 0) is 12.9 Å². The van der Waals surface area contributed by atoms with Crippen molar-refractivity contribution in [1.82, 2.24) is 9.78 Å². The topological polar surface area (TPSA) is 36.3 Å². The highest BCUT2D eigenvalue weighted by molar-refractivity contribution is 6.32. The van der Waals surface area contributed by atoms with Gasteiger partial charge < -0.3 is 9.47 Å². The summed E-state index contributed by atoms with van der Waals surface area (Å²) in [4.78, 5) is 0. The quantitative estimate of drug-likeness (QED) is 0.606. The Balaban J connectivity index is 1.71. The van der Waals surface area contributed by atoms with E-state index in [0.29, 0.717) is 11.5 Å². The molecule has 2 aromatic carbocycles. The summed E-state index contributed by atoms with van der Waals surface area (Å²) in [6.45, 7) is 0.220. The first-order valence-corrected chi connectivity index (χ1v) is 7.54. The molecule has 1 aromatic heterocycles. The molecule has 0 aliphatic carbocycles. The lowest BCUT2D eigenvalue weighted by atomic mass is 10.2. The lowest BCUT2D eigenvalue weighted by molar-refractivity contribution is -0.137. The van der Waals surface area contributed by atoms with Gasteiger partial charge in [0.15, 0.2) is 6.73 Å². The first-order chi connectivity index (χ1) is 11.9. The van der Waals surface area contributed by atoms with E-state index in [4.69, 9.17) is 21.1 Å².